The van der Waals surface area contributed by atoms with Gasteiger partial charge in [-0.1, -0.05) is 170 Å². The molecule has 0 fully saturated rings. The monoisotopic (exact) mass is 739 g/mol. The third kappa shape index (κ3) is 5.91. The van der Waals surface area contributed by atoms with E-state index in [4.69, 9.17) is 4.42 Å². The van der Waals surface area contributed by atoms with Gasteiger partial charge < -0.3 is 9.32 Å². The average Bonchev–Trinajstić information content (AvgIpc) is 3.68. The first kappa shape index (κ1) is 33.6. The van der Waals surface area contributed by atoms with Gasteiger partial charge in [0.05, 0.1) is 0 Å². The van der Waals surface area contributed by atoms with Gasteiger partial charge in [0.15, 0.2) is 0 Å². The van der Waals surface area contributed by atoms with E-state index in [0.717, 1.165) is 61.3 Å². The van der Waals surface area contributed by atoms with Crippen LogP contribution in [-0.4, -0.2) is 0 Å². The molecule has 1 heterocycles. The predicted molar refractivity (Wildman–Crippen MR) is 245 cm³/mol. The van der Waals surface area contributed by atoms with Gasteiger partial charge >= 0.3 is 0 Å². The largest absolute Gasteiger partial charge is 0.455 e. The summed E-state index contributed by atoms with van der Waals surface area (Å²) in [6, 6.07) is 80.6. The van der Waals surface area contributed by atoms with Crippen LogP contribution >= 0.6 is 0 Å². The van der Waals surface area contributed by atoms with E-state index in [-0.39, 0.29) is 0 Å². The van der Waals surface area contributed by atoms with Crippen LogP contribution in [0.2, 0.25) is 0 Å². The molecule has 0 aliphatic carbocycles. The third-order valence-corrected chi connectivity index (χ3v) is 11.5. The zero-order valence-corrected chi connectivity index (χ0v) is 31.7. The minimum absolute atomic E-state index is 0.893. The lowest BCUT2D eigenvalue weighted by Crippen LogP contribution is -2.09. The van der Waals surface area contributed by atoms with E-state index in [9.17, 15) is 0 Å². The van der Waals surface area contributed by atoms with Gasteiger partial charge in [-0.2, -0.15) is 0 Å². The molecule has 58 heavy (non-hydrogen) atoms. The number of fused-ring (bicyclic) bond motifs is 6. The molecule has 11 rings (SSSR count). The number of para-hydroxylation sites is 1. The number of hydrogen-bond acceptors (Lipinski definition) is 2. The fraction of sp³-hybridized carbons (Fsp3) is 0. The molecule has 272 valence electrons. The van der Waals surface area contributed by atoms with Gasteiger partial charge in [-0.25, -0.2) is 0 Å². The van der Waals surface area contributed by atoms with Gasteiger partial charge in [0.25, 0.3) is 0 Å². The number of anilines is 3. The van der Waals surface area contributed by atoms with E-state index in [1.165, 1.54) is 43.8 Å². The van der Waals surface area contributed by atoms with Crippen LogP contribution in [0.1, 0.15) is 0 Å². The molecule has 0 amide bonds. The molecule has 2 heteroatoms. The lowest BCUT2D eigenvalue weighted by molar-refractivity contribution is 0.670. The Morgan fingerprint density at radius 3 is 1.43 bits per heavy atom. The third-order valence-electron chi connectivity index (χ3n) is 11.5. The number of nitrogens with zero attached hydrogens (tertiary/aromatic N) is 1. The maximum Gasteiger partial charge on any atom is 0.143 e. The Morgan fingerprint density at radius 1 is 0.276 bits per heavy atom. The summed E-state index contributed by atoms with van der Waals surface area (Å²) in [5, 5.41) is 7.31. The highest BCUT2D eigenvalue weighted by Crippen LogP contribution is 2.41. The Balaban J connectivity index is 0.977. The average molecular weight is 740 g/mol. The molecule has 0 bridgehead atoms. The van der Waals surface area contributed by atoms with Crippen molar-refractivity contribution in [3.63, 3.8) is 0 Å². The van der Waals surface area contributed by atoms with Crippen molar-refractivity contribution >= 4 is 60.5 Å². The van der Waals surface area contributed by atoms with Crippen LogP contribution < -0.4 is 4.90 Å². The van der Waals surface area contributed by atoms with Crippen LogP contribution in [0.15, 0.2) is 229 Å². The fourth-order valence-corrected chi connectivity index (χ4v) is 8.59. The van der Waals surface area contributed by atoms with Crippen molar-refractivity contribution in [2.45, 2.75) is 0 Å². The summed E-state index contributed by atoms with van der Waals surface area (Å²) < 4.78 is 6.48. The van der Waals surface area contributed by atoms with E-state index in [1.807, 2.05) is 6.07 Å². The second kappa shape index (κ2) is 14.1. The SMILES string of the molecule is c1ccc(-c2ccc(N(c3ccc(-c4ccc5oc6c(-c7ccccc7)cccc6c5c4)cc3)c3ccc(-c4cc5ccccc5c5ccccc45)cc3)cc2)cc1. The first-order chi connectivity index (χ1) is 28.7. The Hall–Kier alpha value is -7.68. The zero-order valence-electron chi connectivity index (χ0n) is 31.7. The van der Waals surface area contributed by atoms with Crippen LogP contribution in [-0.2, 0) is 0 Å². The van der Waals surface area contributed by atoms with E-state index in [2.05, 4.69) is 223 Å². The quantitative estimate of drug-likeness (QED) is 0.151. The lowest BCUT2D eigenvalue weighted by Gasteiger charge is -2.26. The van der Waals surface area contributed by atoms with Gasteiger partial charge in [-0.05, 0) is 115 Å². The molecule has 0 aliphatic heterocycles. The van der Waals surface area contributed by atoms with Crippen molar-refractivity contribution in [1.82, 2.24) is 0 Å². The summed E-state index contributed by atoms with van der Waals surface area (Å²) >= 11 is 0. The van der Waals surface area contributed by atoms with Crippen LogP contribution in [0, 0.1) is 0 Å². The Morgan fingerprint density at radius 2 is 0.759 bits per heavy atom. The number of rotatable bonds is 7. The summed E-state index contributed by atoms with van der Waals surface area (Å²) in [5.41, 5.74) is 14.5. The smallest absolute Gasteiger partial charge is 0.143 e. The first-order valence-corrected chi connectivity index (χ1v) is 19.8. The highest BCUT2D eigenvalue weighted by Gasteiger charge is 2.17. The maximum atomic E-state index is 6.48. The second-order valence-electron chi connectivity index (χ2n) is 14.9. The molecular formula is C56H37NO. The number of furan rings is 1. The molecule has 0 spiro atoms. The highest BCUT2D eigenvalue weighted by atomic mass is 16.3. The maximum absolute atomic E-state index is 6.48. The van der Waals surface area contributed by atoms with Crippen molar-refractivity contribution in [1.29, 1.82) is 0 Å². The number of hydrogen-bond donors (Lipinski definition) is 0. The van der Waals surface area contributed by atoms with Crippen molar-refractivity contribution in [2.75, 3.05) is 4.90 Å². The van der Waals surface area contributed by atoms with Crippen molar-refractivity contribution in [3.05, 3.63) is 224 Å². The molecule has 0 N–H and O–H groups in total. The van der Waals surface area contributed by atoms with Crippen LogP contribution in [0.5, 0.6) is 0 Å². The molecule has 11 aromatic rings. The summed E-state index contributed by atoms with van der Waals surface area (Å²) in [7, 11) is 0. The highest BCUT2D eigenvalue weighted by molar-refractivity contribution is 6.14. The minimum Gasteiger partial charge on any atom is -0.455 e. The zero-order chi connectivity index (χ0) is 38.4. The van der Waals surface area contributed by atoms with E-state index < -0.39 is 0 Å². The molecule has 2 nitrogen and oxygen atoms in total. The van der Waals surface area contributed by atoms with Gasteiger partial charge in [-0.3, -0.25) is 0 Å². The van der Waals surface area contributed by atoms with Crippen LogP contribution in [0.4, 0.5) is 17.1 Å². The van der Waals surface area contributed by atoms with E-state index in [1.54, 1.807) is 0 Å². The van der Waals surface area contributed by atoms with Gasteiger partial charge in [0, 0.05) is 33.4 Å². The van der Waals surface area contributed by atoms with Gasteiger partial charge in [-0.15, -0.1) is 0 Å². The van der Waals surface area contributed by atoms with Gasteiger partial charge in [0.2, 0.25) is 0 Å². The Kier molecular flexibility index (Phi) is 8.19. The standard InChI is InChI=1S/C56H37NO/c1-3-12-38(13-4-1)39-22-29-45(30-23-39)57(47-33-26-42(27-34-47)53-37-44-16-7-8-17-48(44)50-18-9-10-19-51(50)53)46-31-24-40(25-32-46)43-28-35-55-54(36-43)52-21-11-20-49(56(52)58-55)41-14-5-2-6-15-41/h1-37H. The molecule has 0 saturated carbocycles. The van der Waals surface area contributed by atoms with E-state index in [0.29, 0.717) is 0 Å². The van der Waals surface area contributed by atoms with Gasteiger partial charge in [0.1, 0.15) is 11.2 Å². The van der Waals surface area contributed by atoms with Crippen molar-refractivity contribution in [3.8, 4) is 44.5 Å². The molecular weight excluding hydrogens is 703 g/mol. The Bertz CT molecular complexity index is 3240. The lowest BCUT2D eigenvalue weighted by atomic mass is 9.93. The molecule has 0 unspecified atom stereocenters. The summed E-state index contributed by atoms with van der Waals surface area (Å²) in [6.45, 7) is 0. The minimum atomic E-state index is 0.893. The first-order valence-electron chi connectivity index (χ1n) is 19.8. The Labute approximate surface area is 337 Å². The normalized spacial score (nSPS) is 11.4. The van der Waals surface area contributed by atoms with E-state index >= 15 is 0 Å². The second-order valence-corrected chi connectivity index (χ2v) is 14.9. The summed E-state index contributed by atoms with van der Waals surface area (Å²) in [5.74, 6) is 0. The molecule has 0 radical (unpaired) electrons. The van der Waals surface area contributed by atoms with Crippen molar-refractivity contribution < 1.29 is 4.42 Å². The fourth-order valence-electron chi connectivity index (χ4n) is 8.59. The van der Waals surface area contributed by atoms with Crippen LogP contribution in [0.25, 0.3) is 88.0 Å². The molecule has 0 aliphatic rings. The summed E-state index contributed by atoms with van der Waals surface area (Å²) in [6.07, 6.45) is 0. The predicted octanol–water partition coefficient (Wildman–Crippen LogP) is 16.0. The summed E-state index contributed by atoms with van der Waals surface area (Å²) in [4.78, 5) is 2.35. The molecule has 1 aromatic heterocycles. The van der Waals surface area contributed by atoms with Crippen LogP contribution in [0.3, 0.4) is 0 Å². The van der Waals surface area contributed by atoms with Crippen molar-refractivity contribution in [2.24, 2.45) is 0 Å². The molecule has 10 aromatic carbocycles. The number of benzene rings is 10. The molecule has 0 atom stereocenters. The topological polar surface area (TPSA) is 16.4 Å². The molecule has 0 saturated heterocycles.